The highest BCUT2D eigenvalue weighted by Gasteiger charge is 2.17. The van der Waals surface area contributed by atoms with Gasteiger partial charge in [0.1, 0.15) is 0 Å². The fourth-order valence-corrected chi connectivity index (χ4v) is 3.11. The zero-order valence-electron chi connectivity index (χ0n) is 11.8. The lowest BCUT2D eigenvalue weighted by Crippen LogP contribution is -2.20. The molecule has 2 aromatic rings. The summed E-state index contributed by atoms with van der Waals surface area (Å²) in [5.41, 5.74) is 3.67. The molecular weight excluding hydrogens is 289 g/mol. The Morgan fingerprint density at radius 2 is 1.65 bits per heavy atom. The molecule has 2 aromatic carbocycles. The van der Waals surface area contributed by atoms with Crippen molar-refractivity contribution < 1.29 is 0 Å². The first-order chi connectivity index (χ1) is 9.63. The molecule has 0 aliphatic heterocycles. The highest BCUT2D eigenvalue weighted by molar-refractivity contribution is 6.36. The number of likely N-dealkylation sites (N-methyl/N-ethyl adjacent to an activating group) is 1. The van der Waals surface area contributed by atoms with Crippen molar-refractivity contribution in [1.82, 2.24) is 5.32 Å². The predicted molar refractivity (Wildman–Crippen MR) is 88.0 cm³/mol. The van der Waals surface area contributed by atoms with Gasteiger partial charge in [0.05, 0.1) is 0 Å². The third kappa shape index (κ3) is 3.54. The van der Waals surface area contributed by atoms with Crippen LogP contribution in [0.2, 0.25) is 10.0 Å². The summed E-state index contributed by atoms with van der Waals surface area (Å²) in [4.78, 5) is 0. The van der Waals surface area contributed by atoms with Crippen molar-refractivity contribution in [2.45, 2.75) is 19.3 Å². The number of aryl methyl sites for hydroxylation is 1. The van der Waals surface area contributed by atoms with E-state index in [0.717, 1.165) is 28.6 Å². The maximum Gasteiger partial charge on any atom is 0.0453 e. The summed E-state index contributed by atoms with van der Waals surface area (Å²) < 4.78 is 0. The first-order valence-corrected chi connectivity index (χ1v) is 7.52. The summed E-state index contributed by atoms with van der Waals surface area (Å²) >= 11 is 12.6. The number of halogens is 2. The van der Waals surface area contributed by atoms with Crippen LogP contribution in [0.1, 0.15) is 22.6 Å². The molecule has 0 radical (unpaired) electrons. The Bertz CT molecular complexity index is 561. The zero-order chi connectivity index (χ0) is 14.5. The van der Waals surface area contributed by atoms with Crippen molar-refractivity contribution in [3.8, 4) is 0 Å². The molecule has 0 spiro atoms. The molecule has 0 amide bonds. The fraction of sp³-hybridized carbons (Fsp3) is 0.294. The van der Waals surface area contributed by atoms with E-state index in [9.17, 15) is 0 Å². The van der Waals surface area contributed by atoms with E-state index in [1.54, 1.807) is 0 Å². The van der Waals surface area contributed by atoms with Crippen LogP contribution in [0.15, 0.2) is 42.5 Å². The molecular formula is C17H19Cl2N. The van der Waals surface area contributed by atoms with Crippen LogP contribution in [0.5, 0.6) is 0 Å². The summed E-state index contributed by atoms with van der Waals surface area (Å²) in [6.07, 6.45) is 0.838. The maximum absolute atomic E-state index is 6.30. The zero-order valence-corrected chi connectivity index (χ0v) is 13.3. The van der Waals surface area contributed by atoms with Crippen LogP contribution >= 0.6 is 23.2 Å². The highest BCUT2D eigenvalue weighted by atomic mass is 35.5. The van der Waals surface area contributed by atoms with E-state index in [1.165, 1.54) is 11.1 Å². The first-order valence-electron chi connectivity index (χ1n) is 6.76. The Balaban J connectivity index is 2.33. The average molecular weight is 308 g/mol. The van der Waals surface area contributed by atoms with Gasteiger partial charge in [0.25, 0.3) is 0 Å². The van der Waals surface area contributed by atoms with Crippen LogP contribution in [0.4, 0.5) is 0 Å². The van der Waals surface area contributed by atoms with Crippen LogP contribution in [-0.2, 0) is 6.42 Å². The van der Waals surface area contributed by atoms with E-state index in [1.807, 2.05) is 25.2 Å². The molecule has 0 fully saturated rings. The fourth-order valence-electron chi connectivity index (χ4n) is 2.56. The number of hydrogen-bond donors (Lipinski definition) is 1. The Hall–Kier alpha value is -1.02. The molecule has 0 saturated heterocycles. The summed E-state index contributed by atoms with van der Waals surface area (Å²) in [5, 5.41) is 4.75. The number of rotatable bonds is 5. The standard InChI is InChI=1S/C17H19Cl2N/c1-12-6-3-4-7-14(12)13(11-20-2)10-15-16(18)8-5-9-17(15)19/h3-9,13,20H,10-11H2,1-2H3. The molecule has 106 valence electrons. The lowest BCUT2D eigenvalue weighted by Gasteiger charge is -2.20. The van der Waals surface area contributed by atoms with Crippen molar-refractivity contribution in [3.63, 3.8) is 0 Å². The van der Waals surface area contributed by atoms with E-state index < -0.39 is 0 Å². The number of benzene rings is 2. The molecule has 1 unspecified atom stereocenters. The van der Waals surface area contributed by atoms with Gasteiger partial charge in [-0.1, -0.05) is 53.5 Å². The maximum atomic E-state index is 6.30. The minimum Gasteiger partial charge on any atom is -0.319 e. The summed E-state index contributed by atoms with van der Waals surface area (Å²) in [5.74, 6) is 0.360. The van der Waals surface area contributed by atoms with Crippen molar-refractivity contribution in [2.75, 3.05) is 13.6 Å². The van der Waals surface area contributed by atoms with E-state index in [4.69, 9.17) is 23.2 Å². The molecule has 3 heteroatoms. The quantitative estimate of drug-likeness (QED) is 0.833. The van der Waals surface area contributed by atoms with Crippen LogP contribution in [0.25, 0.3) is 0 Å². The van der Waals surface area contributed by atoms with Gasteiger partial charge in [0.2, 0.25) is 0 Å². The second-order valence-electron chi connectivity index (χ2n) is 5.02. The largest absolute Gasteiger partial charge is 0.319 e. The molecule has 0 bridgehead atoms. The van der Waals surface area contributed by atoms with Crippen molar-refractivity contribution in [1.29, 1.82) is 0 Å². The SMILES string of the molecule is CNCC(Cc1c(Cl)cccc1Cl)c1ccccc1C. The predicted octanol–water partition coefficient (Wildman–Crippen LogP) is 4.85. The average Bonchev–Trinajstić information content (AvgIpc) is 2.43. The molecule has 1 nitrogen and oxygen atoms in total. The number of nitrogens with one attached hydrogen (secondary N) is 1. The van der Waals surface area contributed by atoms with E-state index in [0.29, 0.717) is 5.92 Å². The van der Waals surface area contributed by atoms with Crippen molar-refractivity contribution in [2.24, 2.45) is 0 Å². The minimum atomic E-state index is 0.360. The van der Waals surface area contributed by atoms with Gasteiger partial charge in [0, 0.05) is 22.5 Å². The van der Waals surface area contributed by atoms with Gasteiger partial charge in [0.15, 0.2) is 0 Å². The van der Waals surface area contributed by atoms with Gasteiger partial charge in [-0.05, 0) is 49.2 Å². The summed E-state index contributed by atoms with van der Waals surface area (Å²) in [6, 6.07) is 14.2. The van der Waals surface area contributed by atoms with Crippen LogP contribution < -0.4 is 5.32 Å². The molecule has 0 aliphatic rings. The van der Waals surface area contributed by atoms with Gasteiger partial charge >= 0.3 is 0 Å². The topological polar surface area (TPSA) is 12.0 Å². The second kappa shape index (κ2) is 7.12. The third-order valence-corrected chi connectivity index (χ3v) is 4.30. The van der Waals surface area contributed by atoms with Crippen LogP contribution in [-0.4, -0.2) is 13.6 Å². The third-order valence-electron chi connectivity index (χ3n) is 3.59. The molecule has 1 N–H and O–H groups in total. The van der Waals surface area contributed by atoms with E-state index in [-0.39, 0.29) is 0 Å². The van der Waals surface area contributed by atoms with Gasteiger partial charge in [-0.3, -0.25) is 0 Å². The van der Waals surface area contributed by atoms with Gasteiger partial charge in [-0.15, -0.1) is 0 Å². The Morgan fingerprint density at radius 1 is 1.00 bits per heavy atom. The van der Waals surface area contributed by atoms with Gasteiger partial charge < -0.3 is 5.32 Å². The Labute approximate surface area is 130 Å². The first kappa shape index (κ1) is 15.4. The number of hydrogen-bond acceptors (Lipinski definition) is 1. The Morgan fingerprint density at radius 3 is 2.25 bits per heavy atom. The molecule has 2 rings (SSSR count). The second-order valence-corrected chi connectivity index (χ2v) is 5.83. The summed E-state index contributed by atoms with van der Waals surface area (Å²) in [6.45, 7) is 3.04. The van der Waals surface area contributed by atoms with E-state index in [2.05, 4.69) is 36.5 Å². The molecule has 0 saturated carbocycles. The van der Waals surface area contributed by atoms with E-state index >= 15 is 0 Å². The monoisotopic (exact) mass is 307 g/mol. The normalized spacial score (nSPS) is 12.4. The van der Waals surface area contributed by atoms with Gasteiger partial charge in [-0.25, -0.2) is 0 Å². The molecule has 0 aromatic heterocycles. The lowest BCUT2D eigenvalue weighted by molar-refractivity contribution is 0.623. The Kier molecular flexibility index (Phi) is 5.47. The lowest BCUT2D eigenvalue weighted by atomic mass is 9.89. The molecule has 1 atom stereocenters. The molecule has 0 heterocycles. The van der Waals surface area contributed by atoms with Crippen LogP contribution in [0.3, 0.4) is 0 Å². The van der Waals surface area contributed by atoms with Crippen LogP contribution in [0, 0.1) is 6.92 Å². The molecule has 20 heavy (non-hydrogen) atoms. The van der Waals surface area contributed by atoms with Crippen molar-refractivity contribution >= 4 is 23.2 Å². The minimum absolute atomic E-state index is 0.360. The van der Waals surface area contributed by atoms with Crippen molar-refractivity contribution in [3.05, 3.63) is 69.2 Å². The molecule has 0 aliphatic carbocycles. The summed E-state index contributed by atoms with van der Waals surface area (Å²) in [7, 11) is 1.97. The van der Waals surface area contributed by atoms with Gasteiger partial charge in [-0.2, -0.15) is 0 Å². The highest BCUT2D eigenvalue weighted by Crippen LogP contribution is 2.31. The smallest absolute Gasteiger partial charge is 0.0453 e.